The summed E-state index contributed by atoms with van der Waals surface area (Å²) in [4.78, 5) is 16.8. The standard InChI is InChI=1S/C21H29NO3/c1-3-5-7-8-12-15-18-19(21(23)24-16-6-4-2)22-20(25-18)17-13-10-9-11-14-17/h9-11,13-14H,3-8,12,15-16H2,1-2H3. The molecule has 2 aromatic rings. The molecule has 0 atom stereocenters. The van der Waals surface area contributed by atoms with E-state index in [1.54, 1.807) is 0 Å². The highest BCUT2D eigenvalue weighted by atomic mass is 16.5. The lowest BCUT2D eigenvalue weighted by Gasteiger charge is -2.03. The van der Waals surface area contributed by atoms with Crippen molar-refractivity contribution in [3.8, 4) is 11.5 Å². The van der Waals surface area contributed by atoms with Gasteiger partial charge >= 0.3 is 5.97 Å². The molecule has 0 spiro atoms. The first-order valence-corrected chi connectivity index (χ1v) is 9.48. The minimum atomic E-state index is -0.372. The minimum Gasteiger partial charge on any atom is -0.461 e. The zero-order valence-corrected chi connectivity index (χ0v) is 15.4. The van der Waals surface area contributed by atoms with Crippen molar-refractivity contribution in [2.45, 2.75) is 65.2 Å². The third-order valence-electron chi connectivity index (χ3n) is 4.15. The fourth-order valence-electron chi connectivity index (χ4n) is 2.65. The summed E-state index contributed by atoms with van der Waals surface area (Å²) in [5.74, 6) is 0.770. The van der Waals surface area contributed by atoms with Gasteiger partial charge in [0.2, 0.25) is 5.89 Å². The summed E-state index contributed by atoms with van der Waals surface area (Å²) in [6, 6.07) is 9.68. The van der Waals surface area contributed by atoms with Gasteiger partial charge in [0, 0.05) is 12.0 Å². The molecular formula is C21H29NO3. The summed E-state index contributed by atoms with van der Waals surface area (Å²) in [6.07, 6.45) is 8.40. The first-order valence-electron chi connectivity index (χ1n) is 9.48. The van der Waals surface area contributed by atoms with Crippen LogP contribution < -0.4 is 0 Å². The van der Waals surface area contributed by atoms with E-state index in [4.69, 9.17) is 9.15 Å². The van der Waals surface area contributed by atoms with Crippen LogP contribution in [0.2, 0.25) is 0 Å². The molecular weight excluding hydrogens is 314 g/mol. The summed E-state index contributed by atoms with van der Waals surface area (Å²) in [7, 11) is 0. The second-order valence-electron chi connectivity index (χ2n) is 6.31. The molecule has 0 amide bonds. The molecule has 0 saturated heterocycles. The lowest BCUT2D eigenvalue weighted by atomic mass is 10.1. The Hall–Kier alpha value is -2.10. The number of aryl methyl sites for hydroxylation is 1. The zero-order valence-electron chi connectivity index (χ0n) is 15.4. The Morgan fingerprint density at radius 3 is 2.44 bits per heavy atom. The van der Waals surface area contributed by atoms with Crippen LogP contribution in [0.3, 0.4) is 0 Å². The van der Waals surface area contributed by atoms with Crippen LogP contribution >= 0.6 is 0 Å². The van der Waals surface area contributed by atoms with Gasteiger partial charge in [-0.2, -0.15) is 0 Å². The summed E-state index contributed by atoms with van der Waals surface area (Å²) in [5, 5.41) is 0. The topological polar surface area (TPSA) is 52.3 Å². The maximum Gasteiger partial charge on any atom is 0.360 e. The molecule has 0 aliphatic carbocycles. The van der Waals surface area contributed by atoms with Crippen molar-refractivity contribution in [2.24, 2.45) is 0 Å². The molecule has 25 heavy (non-hydrogen) atoms. The highest BCUT2D eigenvalue weighted by Crippen LogP contribution is 2.24. The Morgan fingerprint density at radius 2 is 1.72 bits per heavy atom. The Bertz CT molecular complexity index is 634. The molecule has 0 radical (unpaired) electrons. The van der Waals surface area contributed by atoms with Gasteiger partial charge in [-0.05, 0) is 25.0 Å². The van der Waals surface area contributed by atoms with Gasteiger partial charge in [0.1, 0.15) is 5.76 Å². The number of hydrogen-bond donors (Lipinski definition) is 0. The summed E-state index contributed by atoms with van der Waals surface area (Å²) < 4.78 is 11.3. The maximum atomic E-state index is 12.4. The average molecular weight is 343 g/mol. The number of rotatable bonds is 11. The number of aromatic nitrogens is 1. The van der Waals surface area contributed by atoms with E-state index >= 15 is 0 Å². The predicted octanol–water partition coefficient (Wildman–Crippen LogP) is 5.81. The van der Waals surface area contributed by atoms with E-state index < -0.39 is 0 Å². The summed E-state index contributed by atoms with van der Waals surface area (Å²) >= 11 is 0. The molecule has 1 aromatic carbocycles. The van der Waals surface area contributed by atoms with Crippen LogP contribution in [0.5, 0.6) is 0 Å². The number of hydrogen-bond acceptors (Lipinski definition) is 4. The fraction of sp³-hybridized carbons (Fsp3) is 0.524. The van der Waals surface area contributed by atoms with E-state index in [0.29, 0.717) is 24.0 Å². The van der Waals surface area contributed by atoms with Gasteiger partial charge < -0.3 is 9.15 Å². The smallest absolute Gasteiger partial charge is 0.360 e. The van der Waals surface area contributed by atoms with Gasteiger partial charge in [0.05, 0.1) is 6.61 Å². The Morgan fingerprint density at radius 1 is 1.00 bits per heavy atom. The van der Waals surface area contributed by atoms with E-state index in [1.807, 2.05) is 30.3 Å². The van der Waals surface area contributed by atoms with E-state index in [1.165, 1.54) is 19.3 Å². The Balaban J connectivity index is 2.10. The highest BCUT2D eigenvalue weighted by molar-refractivity contribution is 5.89. The molecule has 1 aromatic heterocycles. The predicted molar refractivity (Wildman–Crippen MR) is 99.6 cm³/mol. The number of oxazole rings is 1. The van der Waals surface area contributed by atoms with Crippen LogP contribution in [-0.4, -0.2) is 17.6 Å². The minimum absolute atomic E-state index is 0.338. The molecule has 136 valence electrons. The van der Waals surface area contributed by atoms with Crippen molar-refractivity contribution >= 4 is 5.97 Å². The van der Waals surface area contributed by atoms with E-state index in [0.717, 1.165) is 37.7 Å². The Kier molecular flexibility index (Phi) is 8.23. The number of carbonyl (C=O) groups is 1. The molecule has 4 nitrogen and oxygen atoms in total. The number of unbranched alkanes of at least 4 members (excludes halogenated alkanes) is 5. The van der Waals surface area contributed by atoms with Crippen molar-refractivity contribution in [1.82, 2.24) is 4.98 Å². The van der Waals surface area contributed by atoms with Gasteiger partial charge in [-0.25, -0.2) is 9.78 Å². The maximum absolute atomic E-state index is 12.4. The van der Waals surface area contributed by atoms with Crippen LogP contribution in [0.25, 0.3) is 11.5 Å². The monoisotopic (exact) mass is 343 g/mol. The molecule has 0 saturated carbocycles. The van der Waals surface area contributed by atoms with Crippen molar-refractivity contribution < 1.29 is 13.9 Å². The first kappa shape index (κ1) is 19.2. The van der Waals surface area contributed by atoms with Gasteiger partial charge in [0.15, 0.2) is 5.69 Å². The lowest BCUT2D eigenvalue weighted by Crippen LogP contribution is -2.09. The highest BCUT2D eigenvalue weighted by Gasteiger charge is 2.21. The Labute approximate surface area is 150 Å². The third kappa shape index (κ3) is 6.04. The van der Waals surface area contributed by atoms with Crippen molar-refractivity contribution in [3.05, 3.63) is 41.8 Å². The average Bonchev–Trinajstić information content (AvgIpc) is 3.07. The number of ether oxygens (including phenoxy) is 1. The van der Waals surface area contributed by atoms with E-state index in [-0.39, 0.29) is 5.97 Å². The first-order chi connectivity index (χ1) is 12.3. The molecule has 0 bridgehead atoms. The van der Waals surface area contributed by atoms with E-state index in [2.05, 4.69) is 18.8 Å². The molecule has 1 heterocycles. The molecule has 4 heteroatoms. The summed E-state index contributed by atoms with van der Waals surface area (Å²) in [6.45, 7) is 4.70. The zero-order chi connectivity index (χ0) is 17.9. The van der Waals surface area contributed by atoms with Crippen molar-refractivity contribution in [1.29, 1.82) is 0 Å². The van der Waals surface area contributed by atoms with Crippen LogP contribution in [0, 0.1) is 0 Å². The number of esters is 1. The second kappa shape index (κ2) is 10.7. The molecule has 0 N–H and O–H groups in total. The molecule has 2 rings (SSSR count). The molecule has 0 aliphatic rings. The SMILES string of the molecule is CCCCCCCc1oc(-c2ccccc2)nc1C(=O)OCCCC. The number of nitrogens with zero attached hydrogens (tertiary/aromatic N) is 1. The van der Waals surface area contributed by atoms with Crippen molar-refractivity contribution in [2.75, 3.05) is 6.61 Å². The van der Waals surface area contributed by atoms with Crippen LogP contribution in [0.15, 0.2) is 34.7 Å². The quantitative estimate of drug-likeness (QED) is 0.381. The van der Waals surface area contributed by atoms with Crippen LogP contribution in [0.4, 0.5) is 0 Å². The lowest BCUT2D eigenvalue weighted by molar-refractivity contribution is 0.0491. The second-order valence-corrected chi connectivity index (χ2v) is 6.31. The van der Waals surface area contributed by atoms with Gasteiger partial charge in [-0.1, -0.05) is 64.2 Å². The van der Waals surface area contributed by atoms with Gasteiger partial charge in [-0.3, -0.25) is 0 Å². The largest absolute Gasteiger partial charge is 0.461 e. The van der Waals surface area contributed by atoms with Gasteiger partial charge in [-0.15, -0.1) is 0 Å². The number of carbonyl (C=O) groups excluding carboxylic acids is 1. The fourth-order valence-corrected chi connectivity index (χ4v) is 2.65. The van der Waals surface area contributed by atoms with E-state index in [9.17, 15) is 4.79 Å². The van der Waals surface area contributed by atoms with Gasteiger partial charge in [0.25, 0.3) is 0 Å². The molecule has 0 fully saturated rings. The number of benzene rings is 1. The normalized spacial score (nSPS) is 10.8. The van der Waals surface area contributed by atoms with Crippen LogP contribution in [-0.2, 0) is 11.2 Å². The van der Waals surface area contributed by atoms with Crippen LogP contribution in [0.1, 0.15) is 75.0 Å². The molecule has 0 unspecified atom stereocenters. The summed E-state index contributed by atoms with van der Waals surface area (Å²) in [5.41, 5.74) is 1.22. The molecule has 0 aliphatic heterocycles. The third-order valence-corrected chi connectivity index (χ3v) is 4.15. The van der Waals surface area contributed by atoms with Crippen molar-refractivity contribution in [3.63, 3.8) is 0 Å².